The van der Waals surface area contributed by atoms with Crippen molar-refractivity contribution in [3.8, 4) is 0 Å². The maximum absolute atomic E-state index is 12.1. The molecule has 5 nitrogen and oxygen atoms in total. The van der Waals surface area contributed by atoms with E-state index in [-0.39, 0.29) is 29.1 Å². The number of aliphatic hydroxyl groups is 1. The van der Waals surface area contributed by atoms with Gasteiger partial charge in [0.25, 0.3) is 0 Å². The van der Waals surface area contributed by atoms with Crippen molar-refractivity contribution in [2.75, 3.05) is 6.54 Å². The SMILES string of the molecule is CCC(CC)C(O)CNC(=O)NC1CC(C)(C)NC(C)(C)C1. The van der Waals surface area contributed by atoms with Crippen LogP contribution in [0, 0.1) is 5.92 Å². The highest BCUT2D eigenvalue weighted by atomic mass is 16.3. The van der Waals surface area contributed by atoms with E-state index >= 15 is 0 Å². The number of nitrogens with one attached hydrogen (secondary N) is 3. The molecule has 0 aromatic carbocycles. The van der Waals surface area contributed by atoms with Gasteiger partial charge >= 0.3 is 6.03 Å². The van der Waals surface area contributed by atoms with Crippen molar-refractivity contribution in [1.29, 1.82) is 0 Å². The number of urea groups is 1. The number of rotatable bonds is 6. The number of hydrogen-bond acceptors (Lipinski definition) is 3. The molecule has 1 rings (SSSR count). The molecule has 0 radical (unpaired) electrons. The van der Waals surface area contributed by atoms with Crippen LogP contribution >= 0.6 is 0 Å². The molecule has 0 bridgehead atoms. The summed E-state index contributed by atoms with van der Waals surface area (Å²) in [5.74, 6) is 0.247. The zero-order valence-electron chi connectivity index (χ0n) is 15.1. The van der Waals surface area contributed by atoms with Crippen molar-refractivity contribution < 1.29 is 9.90 Å². The topological polar surface area (TPSA) is 73.4 Å². The monoisotopic (exact) mass is 313 g/mol. The van der Waals surface area contributed by atoms with Crippen LogP contribution in [0.3, 0.4) is 0 Å². The summed E-state index contributed by atoms with van der Waals surface area (Å²) in [6.07, 6.45) is 3.19. The Hall–Kier alpha value is -0.810. The Bertz CT molecular complexity index is 349. The first kappa shape index (κ1) is 19.2. The number of carbonyl (C=O) groups excluding carboxylic acids is 1. The van der Waals surface area contributed by atoms with Gasteiger partial charge in [0.05, 0.1) is 6.10 Å². The van der Waals surface area contributed by atoms with Crippen molar-refractivity contribution in [2.45, 2.75) is 90.4 Å². The lowest BCUT2D eigenvalue weighted by Gasteiger charge is -2.46. The summed E-state index contributed by atoms with van der Waals surface area (Å²) in [7, 11) is 0. The average molecular weight is 313 g/mol. The van der Waals surface area contributed by atoms with Crippen LogP contribution in [0.4, 0.5) is 4.79 Å². The van der Waals surface area contributed by atoms with Crippen LogP contribution in [0.15, 0.2) is 0 Å². The largest absolute Gasteiger partial charge is 0.391 e. The zero-order valence-corrected chi connectivity index (χ0v) is 15.1. The van der Waals surface area contributed by atoms with Gasteiger partial charge in [-0.15, -0.1) is 0 Å². The summed E-state index contributed by atoms with van der Waals surface area (Å²) in [6.45, 7) is 13.1. The first-order chi connectivity index (χ1) is 10.1. The predicted octanol–water partition coefficient (Wildman–Crippen LogP) is 2.39. The summed E-state index contributed by atoms with van der Waals surface area (Å²) >= 11 is 0. The Labute approximate surface area is 135 Å². The molecular formula is C17H35N3O2. The van der Waals surface area contributed by atoms with Gasteiger partial charge in [-0.1, -0.05) is 26.7 Å². The fourth-order valence-corrected chi connectivity index (χ4v) is 3.86. The number of amides is 2. The standard InChI is InChI=1S/C17H35N3O2/c1-7-12(8-2)14(21)11-18-15(22)19-13-9-16(3,4)20-17(5,6)10-13/h12-14,20-21H,7-11H2,1-6H3,(H2,18,19,22). The van der Waals surface area contributed by atoms with Crippen LogP contribution in [-0.2, 0) is 0 Å². The molecule has 0 aromatic rings. The summed E-state index contributed by atoms with van der Waals surface area (Å²) in [5.41, 5.74) is 0.0173. The van der Waals surface area contributed by atoms with E-state index in [0.717, 1.165) is 25.7 Å². The smallest absolute Gasteiger partial charge is 0.315 e. The second-order valence-corrected chi connectivity index (χ2v) is 8.00. The molecule has 1 saturated heterocycles. The molecule has 1 unspecified atom stereocenters. The number of piperidine rings is 1. The zero-order chi connectivity index (χ0) is 17.0. The van der Waals surface area contributed by atoms with E-state index in [0.29, 0.717) is 6.54 Å². The third-order valence-corrected chi connectivity index (χ3v) is 4.59. The van der Waals surface area contributed by atoms with E-state index in [9.17, 15) is 9.90 Å². The van der Waals surface area contributed by atoms with Gasteiger partial charge in [0, 0.05) is 23.7 Å². The molecule has 1 heterocycles. The van der Waals surface area contributed by atoms with Crippen molar-refractivity contribution in [3.05, 3.63) is 0 Å². The molecule has 5 heteroatoms. The molecule has 1 atom stereocenters. The first-order valence-electron chi connectivity index (χ1n) is 8.60. The highest BCUT2D eigenvalue weighted by Gasteiger charge is 2.38. The predicted molar refractivity (Wildman–Crippen MR) is 90.9 cm³/mol. The fourth-order valence-electron chi connectivity index (χ4n) is 3.86. The van der Waals surface area contributed by atoms with Crippen LogP contribution < -0.4 is 16.0 Å². The van der Waals surface area contributed by atoms with Crippen molar-refractivity contribution >= 4 is 6.03 Å². The molecule has 0 spiro atoms. The molecule has 0 aromatic heterocycles. The normalized spacial score (nSPS) is 22.4. The van der Waals surface area contributed by atoms with E-state index < -0.39 is 6.10 Å². The Kier molecular flexibility index (Phi) is 6.68. The lowest BCUT2D eigenvalue weighted by Crippen LogP contribution is -2.62. The Morgan fingerprint density at radius 2 is 1.68 bits per heavy atom. The van der Waals surface area contributed by atoms with E-state index in [1.54, 1.807) is 0 Å². The van der Waals surface area contributed by atoms with Crippen molar-refractivity contribution in [2.24, 2.45) is 5.92 Å². The number of aliphatic hydroxyl groups excluding tert-OH is 1. The lowest BCUT2D eigenvalue weighted by molar-refractivity contribution is 0.102. The van der Waals surface area contributed by atoms with Gasteiger partial charge in [0.2, 0.25) is 0 Å². The summed E-state index contributed by atoms with van der Waals surface area (Å²) in [4.78, 5) is 12.1. The molecule has 130 valence electrons. The third-order valence-electron chi connectivity index (χ3n) is 4.59. The van der Waals surface area contributed by atoms with Gasteiger partial charge in [0.1, 0.15) is 0 Å². The highest BCUT2D eigenvalue weighted by Crippen LogP contribution is 2.28. The number of hydrogen-bond donors (Lipinski definition) is 4. The summed E-state index contributed by atoms with van der Waals surface area (Å²) in [6, 6.07) is -0.0277. The maximum Gasteiger partial charge on any atom is 0.315 e. The van der Waals surface area contributed by atoms with Crippen LogP contribution in [0.25, 0.3) is 0 Å². The molecule has 0 aliphatic carbocycles. The average Bonchev–Trinajstić information content (AvgIpc) is 2.33. The molecule has 4 N–H and O–H groups in total. The van der Waals surface area contributed by atoms with Crippen LogP contribution in [0.1, 0.15) is 67.2 Å². The van der Waals surface area contributed by atoms with Crippen molar-refractivity contribution in [1.82, 2.24) is 16.0 Å². The third kappa shape index (κ3) is 6.13. The van der Waals surface area contributed by atoms with Crippen LogP contribution in [0.2, 0.25) is 0 Å². The minimum Gasteiger partial charge on any atom is -0.391 e. The quantitative estimate of drug-likeness (QED) is 0.608. The van der Waals surface area contributed by atoms with Gasteiger partial charge in [-0.25, -0.2) is 4.79 Å². The highest BCUT2D eigenvalue weighted by molar-refractivity contribution is 5.74. The molecule has 22 heavy (non-hydrogen) atoms. The van der Waals surface area contributed by atoms with Gasteiger partial charge in [-0.05, 0) is 46.5 Å². The van der Waals surface area contributed by atoms with Gasteiger partial charge in [-0.3, -0.25) is 0 Å². The maximum atomic E-state index is 12.1. The Morgan fingerprint density at radius 1 is 1.18 bits per heavy atom. The molecule has 1 aliphatic heterocycles. The lowest BCUT2D eigenvalue weighted by atomic mass is 9.80. The summed E-state index contributed by atoms with van der Waals surface area (Å²) < 4.78 is 0. The van der Waals surface area contributed by atoms with E-state index in [2.05, 4.69) is 57.5 Å². The number of carbonyl (C=O) groups is 1. The van der Waals surface area contributed by atoms with E-state index in [4.69, 9.17) is 0 Å². The Balaban J connectivity index is 2.45. The van der Waals surface area contributed by atoms with Crippen LogP contribution in [-0.4, -0.2) is 40.9 Å². The van der Waals surface area contributed by atoms with Crippen molar-refractivity contribution in [3.63, 3.8) is 0 Å². The minimum absolute atomic E-state index is 0.00866. The fraction of sp³-hybridized carbons (Fsp3) is 0.941. The van der Waals surface area contributed by atoms with Gasteiger partial charge in [0.15, 0.2) is 0 Å². The first-order valence-corrected chi connectivity index (χ1v) is 8.60. The minimum atomic E-state index is -0.471. The molecule has 1 fully saturated rings. The summed E-state index contributed by atoms with van der Waals surface area (Å²) in [5, 5.41) is 19.6. The van der Waals surface area contributed by atoms with Crippen LogP contribution in [0.5, 0.6) is 0 Å². The molecule has 0 saturated carbocycles. The molecule has 2 amide bonds. The second-order valence-electron chi connectivity index (χ2n) is 8.00. The Morgan fingerprint density at radius 3 is 2.14 bits per heavy atom. The second kappa shape index (κ2) is 7.64. The van der Waals surface area contributed by atoms with Gasteiger partial charge < -0.3 is 21.1 Å². The van der Waals surface area contributed by atoms with E-state index in [1.165, 1.54) is 0 Å². The van der Waals surface area contributed by atoms with Gasteiger partial charge in [-0.2, -0.15) is 0 Å². The van der Waals surface area contributed by atoms with E-state index in [1.807, 2.05) is 0 Å². The molecular weight excluding hydrogens is 278 g/mol. The molecule has 1 aliphatic rings.